The summed E-state index contributed by atoms with van der Waals surface area (Å²) in [4.78, 5) is 14.6. The molecule has 1 saturated carbocycles. The standard InChI is InChI=1S/C23H28FN5O2S/c1-28(23(16-25)11-3-2-4-12-23)20(30)15-32-22-27-26-21(17-7-9-18(24)10-8-17)29(22)14-19-6-5-13-31-19/h7-10,19H,2-6,11-15H2,1H3. The average molecular weight is 458 g/mol. The van der Waals surface area contributed by atoms with Crippen molar-refractivity contribution in [3.8, 4) is 17.5 Å². The lowest BCUT2D eigenvalue weighted by atomic mass is 9.81. The molecule has 1 aliphatic carbocycles. The number of hydrogen-bond donors (Lipinski definition) is 0. The second-order valence-electron chi connectivity index (χ2n) is 8.50. The molecular weight excluding hydrogens is 429 g/mol. The Morgan fingerprint density at radius 1 is 1.28 bits per heavy atom. The van der Waals surface area contributed by atoms with Gasteiger partial charge in [0.1, 0.15) is 11.4 Å². The first-order valence-corrected chi connectivity index (χ1v) is 12.1. The zero-order chi connectivity index (χ0) is 22.6. The summed E-state index contributed by atoms with van der Waals surface area (Å²) in [6.45, 7) is 1.31. The first kappa shape index (κ1) is 22.7. The van der Waals surface area contributed by atoms with Crippen LogP contribution in [0.2, 0.25) is 0 Å². The number of rotatable bonds is 7. The molecule has 1 atom stereocenters. The second-order valence-corrected chi connectivity index (χ2v) is 9.45. The third kappa shape index (κ3) is 4.81. The number of ether oxygens (including phenoxy) is 1. The van der Waals surface area contributed by atoms with E-state index in [1.165, 1.54) is 23.9 Å². The van der Waals surface area contributed by atoms with E-state index in [0.29, 0.717) is 17.5 Å². The number of benzene rings is 1. The smallest absolute Gasteiger partial charge is 0.234 e. The maximum absolute atomic E-state index is 13.4. The summed E-state index contributed by atoms with van der Waals surface area (Å²) in [6, 6.07) is 8.56. The van der Waals surface area contributed by atoms with E-state index in [2.05, 4.69) is 16.3 Å². The molecule has 0 spiro atoms. The lowest BCUT2D eigenvalue weighted by Crippen LogP contribution is -2.50. The highest BCUT2D eigenvalue weighted by Gasteiger charge is 2.38. The molecule has 1 saturated heterocycles. The van der Waals surface area contributed by atoms with E-state index in [0.717, 1.165) is 57.1 Å². The zero-order valence-electron chi connectivity index (χ0n) is 18.3. The van der Waals surface area contributed by atoms with Crippen LogP contribution in [-0.2, 0) is 16.1 Å². The molecule has 32 heavy (non-hydrogen) atoms. The van der Waals surface area contributed by atoms with Gasteiger partial charge in [-0.25, -0.2) is 4.39 Å². The molecule has 1 aromatic heterocycles. The van der Waals surface area contributed by atoms with Crippen LogP contribution >= 0.6 is 11.8 Å². The Bertz CT molecular complexity index is 975. The topological polar surface area (TPSA) is 84.0 Å². The molecule has 0 bridgehead atoms. The van der Waals surface area contributed by atoms with Crippen molar-refractivity contribution in [1.82, 2.24) is 19.7 Å². The van der Waals surface area contributed by atoms with Crippen molar-refractivity contribution in [3.05, 3.63) is 30.1 Å². The van der Waals surface area contributed by atoms with Crippen LogP contribution in [0.3, 0.4) is 0 Å². The van der Waals surface area contributed by atoms with Gasteiger partial charge in [0.05, 0.1) is 24.5 Å². The second kappa shape index (κ2) is 10.0. The Balaban J connectivity index is 1.51. The molecule has 9 heteroatoms. The lowest BCUT2D eigenvalue weighted by molar-refractivity contribution is -0.131. The van der Waals surface area contributed by atoms with Crippen molar-refractivity contribution in [2.45, 2.75) is 68.3 Å². The van der Waals surface area contributed by atoms with E-state index in [1.807, 2.05) is 4.57 Å². The summed E-state index contributed by atoms with van der Waals surface area (Å²) in [5.74, 6) is 0.404. The normalized spacial score (nSPS) is 20.1. The minimum Gasteiger partial charge on any atom is -0.376 e. The molecule has 170 valence electrons. The number of nitriles is 1. The highest BCUT2D eigenvalue weighted by Crippen LogP contribution is 2.33. The number of thioether (sulfide) groups is 1. The molecule has 4 rings (SSSR count). The first-order valence-electron chi connectivity index (χ1n) is 11.1. The highest BCUT2D eigenvalue weighted by atomic mass is 32.2. The van der Waals surface area contributed by atoms with Crippen molar-refractivity contribution in [3.63, 3.8) is 0 Å². The summed E-state index contributed by atoms with van der Waals surface area (Å²) in [6.07, 6.45) is 6.52. The van der Waals surface area contributed by atoms with Gasteiger partial charge >= 0.3 is 0 Å². The SMILES string of the molecule is CN(C(=O)CSc1nnc(-c2ccc(F)cc2)n1CC1CCCO1)C1(C#N)CCCCC1. The van der Waals surface area contributed by atoms with Gasteiger partial charge in [0, 0.05) is 19.2 Å². The van der Waals surface area contributed by atoms with Gasteiger partial charge in [0.2, 0.25) is 5.91 Å². The molecule has 1 amide bonds. The van der Waals surface area contributed by atoms with Gasteiger partial charge in [0.25, 0.3) is 0 Å². The summed E-state index contributed by atoms with van der Waals surface area (Å²) >= 11 is 1.32. The van der Waals surface area contributed by atoms with Gasteiger partial charge in [-0.05, 0) is 49.9 Å². The maximum atomic E-state index is 13.4. The maximum Gasteiger partial charge on any atom is 0.234 e. The predicted octanol–water partition coefficient (Wildman–Crippen LogP) is 4.04. The van der Waals surface area contributed by atoms with Crippen LogP contribution in [0.5, 0.6) is 0 Å². The number of hydrogen-bond acceptors (Lipinski definition) is 6. The van der Waals surface area contributed by atoms with Crippen LogP contribution in [0.15, 0.2) is 29.4 Å². The van der Waals surface area contributed by atoms with Crippen LogP contribution in [0, 0.1) is 17.1 Å². The Morgan fingerprint density at radius 2 is 2.03 bits per heavy atom. The molecule has 2 aliphatic rings. The van der Waals surface area contributed by atoms with Crippen molar-refractivity contribution < 1.29 is 13.9 Å². The van der Waals surface area contributed by atoms with Crippen LogP contribution in [0.1, 0.15) is 44.9 Å². The Hall–Kier alpha value is -2.44. The van der Waals surface area contributed by atoms with Gasteiger partial charge in [-0.3, -0.25) is 9.36 Å². The summed E-state index contributed by atoms with van der Waals surface area (Å²) in [7, 11) is 1.73. The largest absolute Gasteiger partial charge is 0.376 e. The summed E-state index contributed by atoms with van der Waals surface area (Å²) in [5.41, 5.74) is 0.0541. The Morgan fingerprint density at radius 3 is 2.69 bits per heavy atom. The van der Waals surface area contributed by atoms with E-state index in [-0.39, 0.29) is 23.6 Å². The number of nitrogens with zero attached hydrogens (tertiary/aromatic N) is 5. The van der Waals surface area contributed by atoms with E-state index < -0.39 is 5.54 Å². The first-order chi connectivity index (χ1) is 15.5. The molecule has 2 aromatic rings. The number of aromatic nitrogens is 3. The average Bonchev–Trinajstić information content (AvgIpc) is 3.48. The van der Waals surface area contributed by atoms with E-state index >= 15 is 0 Å². The summed E-state index contributed by atoms with van der Waals surface area (Å²) < 4.78 is 21.2. The monoisotopic (exact) mass is 457 g/mol. The highest BCUT2D eigenvalue weighted by molar-refractivity contribution is 7.99. The van der Waals surface area contributed by atoms with E-state index in [1.54, 1.807) is 24.1 Å². The van der Waals surface area contributed by atoms with E-state index in [9.17, 15) is 14.4 Å². The minimum atomic E-state index is -0.708. The number of halogens is 1. The van der Waals surface area contributed by atoms with Gasteiger partial charge in [-0.2, -0.15) is 5.26 Å². The molecule has 1 unspecified atom stereocenters. The van der Waals surface area contributed by atoms with Gasteiger partial charge in [0.15, 0.2) is 11.0 Å². The Labute approximate surface area is 191 Å². The van der Waals surface area contributed by atoms with Gasteiger partial charge in [-0.15, -0.1) is 10.2 Å². The van der Waals surface area contributed by atoms with Crippen molar-refractivity contribution >= 4 is 17.7 Å². The van der Waals surface area contributed by atoms with Crippen LogP contribution in [-0.4, -0.2) is 56.6 Å². The Kier molecular flexibility index (Phi) is 7.11. The molecular formula is C23H28FN5O2S. The number of carbonyl (C=O) groups excluding carboxylic acids is 1. The molecule has 0 N–H and O–H groups in total. The lowest BCUT2D eigenvalue weighted by Gasteiger charge is -2.39. The zero-order valence-corrected chi connectivity index (χ0v) is 19.1. The summed E-state index contributed by atoms with van der Waals surface area (Å²) in [5, 5.41) is 19.1. The predicted molar refractivity (Wildman–Crippen MR) is 119 cm³/mol. The quantitative estimate of drug-likeness (QED) is 0.584. The third-order valence-electron chi connectivity index (χ3n) is 6.46. The third-order valence-corrected chi connectivity index (χ3v) is 7.41. The van der Waals surface area contributed by atoms with Crippen LogP contribution in [0.4, 0.5) is 4.39 Å². The van der Waals surface area contributed by atoms with Crippen LogP contribution < -0.4 is 0 Å². The van der Waals surface area contributed by atoms with Gasteiger partial charge in [-0.1, -0.05) is 31.0 Å². The molecule has 1 aromatic carbocycles. The van der Waals surface area contributed by atoms with E-state index in [4.69, 9.17) is 4.74 Å². The molecule has 2 heterocycles. The molecule has 1 aliphatic heterocycles. The van der Waals surface area contributed by atoms with Crippen molar-refractivity contribution in [2.24, 2.45) is 0 Å². The molecule has 7 nitrogen and oxygen atoms in total. The molecule has 2 fully saturated rings. The van der Waals surface area contributed by atoms with Gasteiger partial charge < -0.3 is 9.64 Å². The van der Waals surface area contributed by atoms with Crippen molar-refractivity contribution in [2.75, 3.05) is 19.4 Å². The van der Waals surface area contributed by atoms with Crippen molar-refractivity contribution in [1.29, 1.82) is 5.26 Å². The fraction of sp³-hybridized carbons (Fsp3) is 0.565. The number of amides is 1. The van der Waals surface area contributed by atoms with Crippen LogP contribution in [0.25, 0.3) is 11.4 Å². The number of carbonyl (C=O) groups is 1. The molecule has 0 radical (unpaired) electrons. The minimum absolute atomic E-state index is 0.0621. The fourth-order valence-corrected chi connectivity index (χ4v) is 5.35. The fourth-order valence-electron chi connectivity index (χ4n) is 4.49.